The van der Waals surface area contributed by atoms with E-state index in [-0.39, 0.29) is 24.4 Å². The van der Waals surface area contributed by atoms with Crippen LogP contribution in [0.1, 0.15) is 47.8 Å². The second kappa shape index (κ2) is 8.96. The first-order chi connectivity index (χ1) is 16.0. The standard InChI is InChI=1S/C25H30N4O4S/c1-17-14-21(25(3,4)5)15-18(2)22(17)34(31,32)29-12-10-28(11-13-29)24(30)20-8-6-19(7-9-20)23-27-26-16-33-23/h6-9,14-16H,10-13H2,1-5H3. The van der Waals surface area contributed by atoms with Gasteiger partial charge in [0.25, 0.3) is 5.91 Å². The van der Waals surface area contributed by atoms with E-state index < -0.39 is 10.0 Å². The average molecular weight is 483 g/mol. The van der Waals surface area contributed by atoms with Crippen LogP contribution in [0.25, 0.3) is 11.5 Å². The maximum Gasteiger partial charge on any atom is 0.253 e. The molecule has 0 bridgehead atoms. The number of amides is 1. The minimum Gasteiger partial charge on any atom is -0.423 e. The van der Waals surface area contributed by atoms with Crippen LogP contribution < -0.4 is 0 Å². The summed E-state index contributed by atoms with van der Waals surface area (Å²) in [4.78, 5) is 15.0. The van der Waals surface area contributed by atoms with Gasteiger partial charge in [0.2, 0.25) is 22.3 Å². The predicted molar refractivity (Wildman–Crippen MR) is 129 cm³/mol. The van der Waals surface area contributed by atoms with E-state index in [1.54, 1.807) is 29.2 Å². The molecule has 0 unspecified atom stereocenters. The Balaban J connectivity index is 1.46. The van der Waals surface area contributed by atoms with Crippen molar-refractivity contribution < 1.29 is 17.6 Å². The number of hydrogen-bond donors (Lipinski definition) is 0. The van der Waals surface area contributed by atoms with E-state index in [9.17, 15) is 13.2 Å². The molecule has 0 aliphatic carbocycles. The fraction of sp³-hybridized carbons (Fsp3) is 0.400. The number of carbonyl (C=O) groups is 1. The zero-order valence-electron chi connectivity index (χ0n) is 20.2. The van der Waals surface area contributed by atoms with Gasteiger partial charge < -0.3 is 9.32 Å². The van der Waals surface area contributed by atoms with Crippen molar-refractivity contribution in [3.05, 3.63) is 65.0 Å². The van der Waals surface area contributed by atoms with Crippen molar-refractivity contribution in [2.24, 2.45) is 0 Å². The Kier molecular flexibility index (Phi) is 6.35. The molecule has 4 rings (SSSR count). The number of benzene rings is 2. The number of rotatable bonds is 4. The van der Waals surface area contributed by atoms with Crippen molar-refractivity contribution in [2.45, 2.75) is 44.9 Å². The molecule has 0 radical (unpaired) electrons. The largest absolute Gasteiger partial charge is 0.423 e. The molecule has 8 nitrogen and oxygen atoms in total. The van der Waals surface area contributed by atoms with Crippen LogP contribution >= 0.6 is 0 Å². The summed E-state index contributed by atoms with van der Waals surface area (Å²) in [5, 5.41) is 7.52. The van der Waals surface area contributed by atoms with Gasteiger partial charge >= 0.3 is 0 Å². The van der Waals surface area contributed by atoms with Gasteiger partial charge in [0, 0.05) is 37.3 Å². The summed E-state index contributed by atoms with van der Waals surface area (Å²) in [6, 6.07) is 10.9. The number of carbonyl (C=O) groups excluding carboxylic acids is 1. The van der Waals surface area contributed by atoms with Crippen molar-refractivity contribution in [1.82, 2.24) is 19.4 Å². The highest BCUT2D eigenvalue weighted by Gasteiger charge is 2.33. The van der Waals surface area contributed by atoms with Gasteiger partial charge in [-0.05, 0) is 60.2 Å². The van der Waals surface area contributed by atoms with Crippen LogP contribution in [0, 0.1) is 13.8 Å². The summed E-state index contributed by atoms with van der Waals surface area (Å²) in [5.74, 6) is 0.259. The first-order valence-electron chi connectivity index (χ1n) is 11.3. The first kappa shape index (κ1) is 24.1. The van der Waals surface area contributed by atoms with Gasteiger partial charge in [0.05, 0.1) is 4.90 Å². The first-order valence-corrected chi connectivity index (χ1v) is 12.7. The van der Waals surface area contributed by atoms with Crippen LogP contribution in [0.3, 0.4) is 0 Å². The van der Waals surface area contributed by atoms with Crippen LogP contribution in [-0.4, -0.2) is 59.9 Å². The van der Waals surface area contributed by atoms with Gasteiger partial charge in [0.1, 0.15) is 0 Å². The Labute approximate surface area is 200 Å². The van der Waals surface area contributed by atoms with E-state index in [1.807, 2.05) is 26.0 Å². The Morgan fingerprint density at radius 3 is 2.06 bits per heavy atom. The third-order valence-corrected chi connectivity index (χ3v) is 8.39. The normalized spacial score (nSPS) is 15.5. The summed E-state index contributed by atoms with van der Waals surface area (Å²) in [5.41, 5.74) is 3.82. The average Bonchev–Trinajstić information content (AvgIpc) is 3.32. The molecule has 1 aromatic heterocycles. The van der Waals surface area contributed by atoms with Crippen molar-refractivity contribution in [3.63, 3.8) is 0 Å². The van der Waals surface area contributed by atoms with Gasteiger partial charge in [-0.15, -0.1) is 10.2 Å². The quantitative estimate of drug-likeness (QED) is 0.561. The number of nitrogens with zero attached hydrogens (tertiary/aromatic N) is 4. The number of sulfonamides is 1. The van der Waals surface area contributed by atoms with Crippen LogP contribution in [0.4, 0.5) is 0 Å². The molecule has 9 heteroatoms. The monoisotopic (exact) mass is 482 g/mol. The molecule has 1 saturated heterocycles. The highest BCUT2D eigenvalue weighted by atomic mass is 32.2. The van der Waals surface area contributed by atoms with Gasteiger partial charge in [-0.3, -0.25) is 4.79 Å². The van der Waals surface area contributed by atoms with E-state index in [1.165, 1.54) is 10.7 Å². The van der Waals surface area contributed by atoms with Gasteiger partial charge in [0.15, 0.2) is 0 Å². The number of aryl methyl sites for hydroxylation is 2. The summed E-state index contributed by atoms with van der Waals surface area (Å²) in [7, 11) is -3.66. The molecule has 180 valence electrons. The lowest BCUT2D eigenvalue weighted by Crippen LogP contribution is -2.50. The second-order valence-corrected chi connectivity index (χ2v) is 11.6. The zero-order chi connectivity index (χ0) is 24.7. The van der Waals surface area contributed by atoms with Crippen LogP contribution in [0.15, 0.2) is 52.1 Å². The third-order valence-electron chi connectivity index (χ3n) is 6.19. The van der Waals surface area contributed by atoms with Crippen LogP contribution in [0.5, 0.6) is 0 Å². The lowest BCUT2D eigenvalue weighted by molar-refractivity contribution is 0.0698. The molecule has 1 aliphatic rings. The van der Waals surface area contributed by atoms with E-state index in [4.69, 9.17) is 4.42 Å². The van der Waals surface area contributed by atoms with Crippen molar-refractivity contribution in [3.8, 4) is 11.5 Å². The summed E-state index contributed by atoms with van der Waals surface area (Å²) in [6.07, 6.45) is 1.25. The lowest BCUT2D eigenvalue weighted by Gasteiger charge is -2.35. The van der Waals surface area contributed by atoms with E-state index in [2.05, 4.69) is 31.0 Å². The summed E-state index contributed by atoms with van der Waals surface area (Å²) < 4.78 is 33.6. The van der Waals surface area contributed by atoms with Crippen LogP contribution in [-0.2, 0) is 15.4 Å². The SMILES string of the molecule is Cc1cc(C(C)(C)C)cc(C)c1S(=O)(=O)N1CCN(C(=O)c2ccc(-c3nnco3)cc2)CC1. The molecular formula is C25H30N4O4S. The number of aromatic nitrogens is 2. The Morgan fingerprint density at radius 2 is 1.56 bits per heavy atom. The maximum absolute atomic E-state index is 13.5. The molecule has 1 fully saturated rings. The molecule has 34 heavy (non-hydrogen) atoms. The Morgan fingerprint density at radius 1 is 0.971 bits per heavy atom. The molecule has 2 heterocycles. The number of piperazine rings is 1. The highest BCUT2D eigenvalue weighted by molar-refractivity contribution is 7.89. The van der Waals surface area contributed by atoms with Gasteiger partial charge in [-0.25, -0.2) is 8.42 Å². The van der Waals surface area contributed by atoms with Gasteiger partial charge in [-0.1, -0.05) is 32.9 Å². The van der Waals surface area contributed by atoms with Crippen molar-refractivity contribution >= 4 is 15.9 Å². The fourth-order valence-corrected chi connectivity index (χ4v) is 6.12. The fourth-order valence-electron chi connectivity index (χ4n) is 4.29. The lowest BCUT2D eigenvalue weighted by atomic mass is 9.85. The van der Waals surface area contributed by atoms with E-state index >= 15 is 0 Å². The smallest absolute Gasteiger partial charge is 0.253 e. The Hall–Kier alpha value is -3.04. The van der Waals surface area contributed by atoms with E-state index in [0.29, 0.717) is 29.4 Å². The summed E-state index contributed by atoms with van der Waals surface area (Å²) >= 11 is 0. The molecule has 1 aliphatic heterocycles. The van der Waals surface area contributed by atoms with Crippen molar-refractivity contribution in [2.75, 3.05) is 26.2 Å². The zero-order valence-corrected chi connectivity index (χ0v) is 21.0. The number of hydrogen-bond acceptors (Lipinski definition) is 6. The van der Waals surface area contributed by atoms with E-state index in [0.717, 1.165) is 22.3 Å². The topological polar surface area (TPSA) is 96.6 Å². The molecule has 0 spiro atoms. The molecule has 2 aromatic carbocycles. The molecule has 1 amide bonds. The summed E-state index contributed by atoms with van der Waals surface area (Å²) in [6.45, 7) is 11.2. The Bertz CT molecular complexity index is 1260. The minimum atomic E-state index is -3.66. The maximum atomic E-state index is 13.5. The van der Waals surface area contributed by atoms with Crippen LogP contribution in [0.2, 0.25) is 0 Å². The minimum absolute atomic E-state index is 0.0621. The molecule has 0 saturated carbocycles. The second-order valence-electron chi connectivity index (χ2n) is 9.71. The molecular weight excluding hydrogens is 452 g/mol. The van der Waals surface area contributed by atoms with Gasteiger partial charge in [-0.2, -0.15) is 4.31 Å². The van der Waals surface area contributed by atoms with Crippen molar-refractivity contribution in [1.29, 1.82) is 0 Å². The molecule has 0 N–H and O–H groups in total. The molecule has 0 atom stereocenters. The highest BCUT2D eigenvalue weighted by Crippen LogP contribution is 2.31. The third kappa shape index (κ3) is 4.63. The predicted octanol–water partition coefficient (Wildman–Crippen LogP) is 3.80. The molecule has 3 aromatic rings.